The Labute approximate surface area is 123 Å². The largest absolute Gasteiger partial charge is 0.303 e. The summed E-state index contributed by atoms with van der Waals surface area (Å²) >= 11 is 0. The van der Waals surface area contributed by atoms with Gasteiger partial charge in [0.1, 0.15) is 0 Å². The second-order valence-corrected chi connectivity index (χ2v) is 8.22. The smallest absolute Gasteiger partial charge is 0.151 e. The molecule has 5 heteroatoms. The molecule has 114 valence electrons. The molecular weight excluding hydrogens is 272 g/mol. The highest BCUT2D eigenvalue weighted by molar-refractivity contribution is 7.91. The number of hydrogen-bond donors (Lipinski definition) is 0. The standard InChI is InChI=1S/C15H26N2O2S/c1-2-8-17(15-7-13-20(18,19)14-15)12-6-11-16-9-4-3-5-10-16/h1,15H,3-14H2. The lowest BCUT2D eigenvalue weighted by atomic mass is 10.1. The minimum Gasteiger partial charge on any atom is -0.303 e. The average Bonchev–Trinajstić information content (AvgIpc) is 2.79. The summed E-state index contributed by atoms with van der Waals surface area (Å²) in [5.74, 6) is 3.29. The van der Waals surface area contributed by atoms with Crippen molar-refractivity contribution in [2.75, 3.05) is 44.2 Å². The van der Waals surface area contributed by atoms with Gasteiger partial charge in [-0.3, -0.25) is 4.90 Å². The second kappa shape index (κ2) is 7.44. The molecule has 0 saturated carbocycles. The first-order valence-corrected chi connectivity index (χ1v) is 9.53. The van der Waals surface area contributed by atoms with E-state index in [4.69, 9.17) is 6.42 Å². The topological polar surface area (TPSA) is 40.6 Å². The number of piperidine rings is 1. The average molecular weight is 298 g/mol. The lowest BCUT2D eigenvalue weighted by Crippen LogP contribution is -2.39. The number of nitrogens with zero attached hydrogens (tertiary/aromatic N) is 2. The Morgan fingerprint density at radius 3 is 2.60 bits per heavy atom. The minimum atomic E-state index is -2.82. The fourth-order valence-corrected chi connectivity index (χ4v) is 5.01. The molecule has 0 amide bonds. The van der Waals surface area contributed by atoms with Gasteiger partial charge < -0.3 is 4.90 Å². The Hall–Kier alpha value is -0.570. The molecule has 2 aliphatic rings. The first-order chi connectivity index (χ1) is 9.61. The van der Waals surface area contributed by atoms with Crippen LogP contribution in [-0.4, -0.2) is 68.5 Å². The molecule has 0 aromatic carbocycles. The van der Waals surface area contributed by atoms with Crippen LogP contribution in [0.25, 0.3) is 0 Å². The van der Waals surface area contributed by atoms with E-state index in [9.17, 15) is 8.42 Å². The Bertz CT molecular complexity index is 435. The van der Waals surface area contributed by atoms with E-state index < -0.39 is 9.84 Å². The number of sulfone groups is 1. The van der Waals surface area contributed by atoms with Crippen LogP contribution in [0.2, 0.25) is 0 Å². The summed E-state index contributed by atoms with van der Waals surface area (Å²) < 4.78 is 23.2. The van der Waals surface area contributed by atoms with Crippen molar-refractivity contribution < 1.29 is 8.42 Å². The van der Waals surface area contributed by atoms with Gasteiger partial charge in [0.05, 0.1) is 18.1 Å². The van der Waals surface area contributed by atoms with E-state index in [0.29, 0.717) is 18.1 Å². The SMILES string of the molecule is C#CCN(CCCN1CCCCC1)C1CCS(=O)(=O)C1. The van der Waals surface area contributed by atoms with Crippen molar-refractivity contribution in [2.45, 2.75) is 38.1 Å². The van der Waals surface area contributed by atoms with Gasteiger partial charge in [0.15, 0.2) is 9.84 Å². The molecule has 2 rings (SSSR count). The Morgan fingerprint density at radius 2 is 2.00 bits per heavy atom. The first-order valence-electron chi connectivity index (χ1n) is 7.71. The summed E-state index contributed by atoms with van der Waals surface area (Å²) in [6, 6.07) is 0.136. The fourth-order valence-electron chi connectivity index (χ4n) is 3.25. The van der Waals surface area contributed by atoms with Crippen molar-refractivity contribution in [3.63, 3.8) is 0 Å². The summed E-state index contributed by atoms with van der Waals surface area (Å²) in [4.78, 5) is 4.71. The molecule has 2 heterocycles. The lowest BCUT2D eigenvalue weighted by molar-refractivity contribution is 0.191. The van der Waals surface area contributed by atoms with Crippen LogP contribution in [-0.2, 0) is 9.84 Å². The maximum absolute atomic E-state index is 11.6. The van der Waals surface area contributed by atoms with Crippen LogP contribution in [0.4, 0.5) is 0 Å². The third-order valence-electron chi connectivity index (χ3n) is 4.39. The van der Waals surface area contributed by atoms with Gasteiger partial charge in [-0.1, -0.05) is 12.3 Å². The van der Waals surface area contributed by atoms with Crippen LogP contribution in [0.15, 0.2) is 0 Å². The van der Waals surface area contributed by atoms with E-state index in [1.807, 2.05) is 0 Å². The molecule has 0 radical (unpaired) electrons. The van der Waals surface area contributed by atoms with Gasteiger partial charge in [-0.05, 0) is 45.3 Å². The molecule has 0 spiro atoms. The first kappa shape index (κ1) is 15.8. The van der Waals surface area contributed by atoms with Crippen LogP contribution >= 0.6 is 0 Å². The fraction of sp³-hybridized carbons (Fsp3) is 0.867. The van der Waals surface area contributed by atoms with Crippen molar-refractivity contribution in [3.05, 3.63) is 0 Å². The zero-order valence-corrected chi connectivity index (χ0v) is 13.1. The molecule has 0 N–H and O–H groups in total. The van der Waals surface area contributed by atoms with E-state index in [0.717, 1.165) is 25.9 Å². The predicted molar refractivity (Wildman–Crippen MR) is 82.4 cm³/mol. The zero-order chi connectivity index (χ0) is 14.4. The van der Waals surface area contributed by atoms with Crippen LogP contribution < -0.4 is 0 Å². The monoisotopic (exact) mass is 298 g/mol. The van der Waals surface area contributed by atoms with Crippen LogP contribution in [0.3, 0.4) is 0 Å². The van der Waals surface area contributed by atoms with Crippen LogP contribution in [0.1, 0.15) is 32.1 Å². The highest BCUT2D eigenvalue weighted by atomic mass is 32.2. The number of hydrogen-bond acceptors (Lipinski definition) is 4. The van der Waals surface area contributed by atoms with Gasteiger partial charge >= 0.3 is 0 Å². The van der Waals surface area contributed by atoms with Crippen molar-refractivity contribution in [1.82, 2.24) is 9.80 Å². The van der Waals surface area contributed by atoms with E-state index in [-0.39, 0.29) is 6.04 Å². The molecule has 2 saturated heterocycles. The second-order valence-electron chi connectivity index (χ2n) is 5.99. The van der Waals surface area contributed by atoms with E-state index in [2.05, 4.69) is 15.7 Å². The van der Waals surface area contributed by atoms with Gasteiger partial charge in [0.2, 0.25) is 0 Å². The zero-order valence-electron chi connectivity index (χ0n) is 12.3. The molecule has 0 bridgehead atoms. The Morgan fingerprint density at radius 1 is 1.25 bits per heavy atom. The molecule has 2 aliphatic heterocycles. The molecule has 0 aromatic rings. The predicted octanol–water partition coefficient (Wildman–Crippen LogP) is 0.985. The summed E-state index contributed by atoms with van der Waals surface area (Å²) in [6.45, 7) is 5.03. The normalized spacial score (nSPS) is 26.7. The number of likely N-dealkylation sites (tertiary alicyclic amines) is 1. The van der Waals surface area contributed by atoms with E-state index in [1.54, 1.807) is 0 Å². The lowest BCUT2D eigenvalue weighted by Gasteiger charge is -2.29. The van der Waals surface area contributed by atoms with Gasteiger partial charge in [0, 0.05) is 12.6 Å². The maximum atomic E-state index is 11.6. The van der Waals surface area contributed by atoms with Gasteiger partial charge in [0.25, 0.3) is 0 Å². The molecule has 1 atom stereocenters. The summed E-state index contributed by atoms with van der Waals surface area (Å²) in [5.41, 5.74) is 0. The van der Waals surface area contributed by atoms with E-state index in [1.165, 1.54) is 32.4 Å². The van der Waals surface area contributed by atoms with E-state index >= 15 is 0 Å². The van der Waals surface area contributed by atoms with Crippen molar-refractivity contribution in [1.29, 1.82) is 0 Å². The molecular formula is C15H26N2O2S. The third kappa shape index (κ3) is 4.76. The van der Waals surface area contributed by atoms with Crippen molar-refractivity contribution in [2.24, 2.45) is 0 Å². The van der Waals surface area contributed by atoms with Gasteiger partial charge in [-0.2, -0.15) is 0 Å². The molecule has 0 aliphatic carbocycles. The number of rotatable bonds is 6. The third-order valence-corrected chi connectivity index (χ3v) is 6.14. The number of terminal acetylenes is 1. The molecule has 20 heavy (non-hydrogen) atoms. The summed E-state index contributed by atoms with van der Waals surface area (Å²) in [5, 5.41) is 0. The minimum absolute atomic E-state index is 0.136. The quantitative estimate of drug-likeness (QED) is 0.686. The Balaban J connectivity index is 1.76. The highest BCUT2D eigenvalue weighted by Crippen LogP contribution is 2.18. The summed E-state index contributed by atoms with van der Waals surface area (Å²) in [6.07, 6.45) is 11.2. The van der Waals surface area contributed by atoms with Crippen molar-refractivity contribution in [3.8, 4) is 12.3 Å². The Kier molecular flexibility index (Phi) is 5.88. The molecule has 0 aromatic heterocycles. The van der Waals surface area contributed by atoms with Crippen LogP contribution in [0, 0.1) is 12.3 Å². The van der Waals surface area contributed by atoms with Gasteiger partial charge in [-0.25, -0.2) is 8.42 Å². The highest BCUT2D eigenvalue weighted by Gasteiger charge is 2.31. The van der Waals surface area contributed by atoms with Crippen LogP contribution in [0.5, 0.6) is 0 Å². The maximum Gasteiger partial charge on any atom is 0.151 e. The van der Waals surface area contributed by atoms with Crippen molar-refractivity contribution >= 4 is 9.84 Å². The molecule has 4 nitrogen and oxygen atoms in total. The molecule has 2 fully saturated rings. The molecule has 1 unspecified atom stereocenters. The van der Waals surface area contributed by atoms with Gasteiger partial charge in [-0.15, -0.1) is 6.42 Å². The summed E-state index contributed by atoms with van der Waals surface area (Å²) in [7, 11) is -2.82.